The van der Waals surface area contributed by atoms with Gasteiger partial charge in [-0.3, -0.25) is 30.7 Å². The highest BCUT2D eigenvalue weighted by molar-refractivity contribution is 5.80. The maximum atomic E-state index is 12.1. The third-order valence-electron chi connectivity index (χ3n) is 4.36. The fraction of sp³-hybridized carbons (Fsp3) is 0.389. The molecule has 11 heteroatoms. The lowest BCUT2D eigenvalue weighted by atomic mass is 10.1. The second-order valence-electron chi connectivity index (χ2n) is 6.39. The van der Waals surface area contributed by atoms with Gasteiger partial charge in [-0.1, -0.05) is 30.3 Å². The van der Waals surface area contributed by atoms with Crippen LogP contribution in [0.1, 0.15) is 5.56 Å². The van der Waals surface area contributed by atoms with E-state index in [9.17, 15) is 14.9 Å². The molecule has 1 saturated heterocycles. The summed E-state index contributed by atoms with van der Waals surface area (Å²) in [6, 6.07) is 9.17. The molecule has 0 radical (unpaired) electrons. The predicted octanol–water partition coefficient (Wildman–Crippen LogP) is 0.815. The first-order valence-electron chi connectivity index (χ1n) is 9.25. The summed E-state index contributed by atoms with van der Waals surface area (Å²) in [5, 5.41) is 14.5. The van der Waals surface area contributed by atoms with E-state index in [1.165, 1.54) is 6.33 Å². The molecule has 1 aromatic carbocycles. The van der Waals surface area contributed by atoms with Gasteiger partial charge in [-0.2, -0.15) is 0 Å². The second kappa shape index (κ2) is 10.3. The molecule has 0 saturated carbocycles. The molecule has 0 unspecified atom stereocenters. The first-order chi connectivity index (χ1) is 14.1. The Morgan fingerprint density at radius 2 is 1.90 bits per heavy atom. The maximum Gasteiger partial charge on any atom is 0.354 e. The van der Waals surface area contributed by atoms with Crippen LogP contribution in [0.25, 0.3) is 0 Å². The van der Waals surface area contributed by atoms with Crippen molar-refractivity contribution in [3.05, 3.63) is 52.3 Å². The third kappa shape index (κ3) is 6.09. The normalized spacial score (nSPS) is 14.2. The standard InChI is InChI=1S/C18H23N7O4/c26-15(12-14-4-2-1-3-5-14)22-23-18-16(25(27)28)17(20-13-21-18)19-6-7-24-8-10-29-11-9-24/h1-5,13H,6-12H2,(H,22,26)(H2,19,20,21,23). The van der Waals surface area contributed by atoms with Gasteiger partial charge in [-0.15, -0.1) is 0 Å². The zero-order chi connectivity index (χ0) is 20.5. The molecule has 29 heavy (non-hydrogen) atoms. The van der Waals surface area contributed by atoms with E-state index >= 15 is 0 Å². The van der Waals surface area contributed by atoms with Gasteiger partial charge in [0.25, 0.3) is 0 Å². The number of benzene rings is 1. The Kier molecular flexibility index (Phi) is 7.25. The van der Waals surface area contributed by atoms with Crippen LogP contribution in [0, 0.1) is 10.1 Å². The summed E-state index contributed by atoms with van der Waals surface area (Å²) in [7, 11) is 0. The zero-order valence-electron chi connectivity index (χ0n) is 15.8. The number of amides is 1. The Labute approximate surface area is 167 Å². The average Bonchev–Trinajstić information content (AvgIpc) is 2.73. The van der Waals surface area contributed by atoms with E-state index in [-0.39, 0.29) is 29.7 Å². The lowest BCUT2D eigenvalue weighted by Crippen LogP contribution is -2.39. The number of hydrogen-bond acceptors (Lipinski definition) is 9. The molecule has 2 aromatic rings. The summed E-state index contributed by atoms with van der Waals surface area (Å²) in [5.74, 6) is -0.329. The van der Waals surface area contributed by atoms with Crippen molar-refractivity contribution in [1.82, 2.24) is 20.3 Å². The highest BCUT2D eigenvalue weighted by Gasteiger charge is 2.23. The van der Waals surface area contributed by atoms with Crippen molar-refractivity contribution in [2.24, 2.45) is 0 Å². The zero-order valence-corrected chi connectivity index (χ0v) is 15.8. The first kappa shape index (κ1) is 20.4. The van der Waals surface area contributed by atoms with E-state index in [2.05, 4.69) is 31.0 Å². The van der Waals surface area contributed by atoms with Gasteiger partial charge in [0, 0.05) is 26.2 Å². The van der Waals surface area contributed by atoms with Gasteiger partial charge >= 0.3 is 5.69 Å². The number of aromatic nitrogens is 2. The molecule has 3 rings (SSSR count). The molecular formula is C18H23N7O4. The molecule has 0 bridgehead atoms. The Morgan fingerprint density at radius 3 is 2.62 bits per heavy atom. The van der Waals surface area contributed by atoms with Gasteiger partial charge in [0.05, 0.1) is 24.6 Å². The van der Waals surface area contributed by atoms with Crippen molar-refractivity contribution in [1.29, 1.82) is 0 Å². The van der Waals surface area contributed by atoms with E-state index in [0.29, 0.717) is 26.3 Å². The highest BCUT2D eigenvalue weighted by atomic mass is 16.6. The number of nitrogens with one attached hydrogen (secondary N) is 3. The van der Waals surface area contributed by atoms with Crippen molar-refractivity contribution < 1.29 is 14.5 Å². The minimum Gasteiger partial charge on any atom is -0.379 e. The van der Waals surface area contributed by atoms with E-state index < -0.39 is 4.92 Å². The van der Waals surface area contributed by atoms with Crippen molar-refractivity contribution in [2.75, 3.05) is 50.1 Å². The van der Waals surface area contributed by atoms with Crippen molar-refractivity contribution in [3.8, 4) is 0 Å². The summed E-state index contributed by atoms with van der Waals surface area (Å²) >= 11 is 0. The van der Waals surface area contributed by atoms with Crippen molar-refractivity contribution in [3.63, 3.8) is 0 Å². The third-order valence-corrected chi connectivity index (χ3v) is 4.36. The van der Waals surface area contributed by atoms with Gasteiger partial charge in [0.1, 0.15) is 6.33 Å². The Morgan fingerprint density at radius 1 is 1.17 bits per heavy atom. The summed E-state index contributed by atoms with van der Waals surface area (Å²) in [6.45, 7) is 4.22. The monoisotopic (exact) mass is 401 g/mol. The molecule has 1 aliphatic heterocycles. The lowest BCUT2D eigenvalue weighted by molar-refractivity contribution is -0.383. The van der Waals surface area contributed by atoms with E-state index in [1.54, 1.807) is 0 Å². The Hall–Kier alpha value is -3.31. The number of rotatable bonds is 9. The topological polar surface area (TPSA) is 135 Å². The summed E-state index contributed by atoms with van der Waals surface area (Å²) < 4.78 is 5.30. The fourth-order valence-corrected chi connectivity index (χ4v) is 2.88. The van der Waals surface area contributed by atoms with Gasteiger partial charge in [-0.25, -0.2) is 9.97 Å². The van der Waals surface area contributed by atoms with Gasteiger partial charge < -0.3 is 10.1 Å². The van der Waals surface area contributed by atoms with Crippen LogP contribution in [-0.2, 0) is 16.0 Å². The molecule has 3 N–H and O–H groups in total. The SMILES string of the molecule is O=C(Cc1ccccc1)NNc1ncnc(NCCN2CCOCC2)c1[N+](=O)[O-]. The number of nitro groups is 1. The van der Waals surface area contributed by atoms with Crippen molar-refractivity contribution in [2.45, 2.75) is 6.42 Å². The van der Waals surface area contributed by atoms with Crippen LogP contribution in [0.2, 0.25) is 0 Å². The molecule has 0 atom stereocenters. The van der Waals surface area contributed by atoms with Crippen LogP contribution >= 0.6 is 0 Å². The van der Waals surface area contributed by atoms with E-state index in [1.807, 2.05) is 30.3 Å². The van der Waals surface area contributed by atoms with Crippen LogP contribution in [0.4, 0.5) is 17.3 Å². The predicted molar refractivity (Wildman–Crippen MR) is 106 cm³/mol. The van der Waals surface area contributed by atoms with Gasteiger partial charge in [-0.05, 0) is 5.56 Å². The highest BCUT2D eigenvalue weighted by Crippen LogP contribution is 2.28. The molecule has 154 valence electrons. The average molecular weight is 401 g/mol. The molecule has 1 aliphatic rings. The molecule has 0 aliphatic carbocycles. The maximum absolute atomic E-state index is 12.1. The number of morpholine rings is 1. The number of hydrazine groups is 1. The molecule has 1 aromatic heterocycles. The number of anilines is 2. The minimum absolute atomic E-state index is 0.0831. The molecule has 1 amide bonds. The van der Waals surface area contributed by atoms with Crippen LogP contribution in [0.3, 0.4) is 0 Å². The Balaban J connectivity index is 1.58. The van der Waals surface area contributed by atoms with Crippen LogP contribution < -0.4 is 16.2 Å². The summed E-state index contributed by atoms with van der Waals surface area (Å²) in [5.41, 5.74) is 5.48. The van der Waals surface area contributed by atoms with Gasteiger partial charge in [0.2, 0.25) is 17.5 Å². The molecule has 1 fully saturated rings. The number of nitrogens with zero attached hydrogens (tertiary/aromatic N) is 4. The van der Waals surface area contributed by atoms with Crippen LogP contribution in [-0.4, -0.2) is 65.1 Å². The number of carbonyl (C=O) groups is 1. The van der Waals surface area contributed by atoms with Crippen LogP contribution in [0.15, 0.2) is 36.7 Å². The van der Waals surface area contributed by atoms with E-state index in [0.717, 1.165) is 18.7 Å². The van der Waals surface area contributed by atoms with Gasteiger partial charge in [0.15, 0.2) is 0 Å². The smallest absolute Gasteiger partial charge is 0.354 e. The molecular weight excluding hydrogens is 378 g/mol. The lowest BCUT2D eigenvalue weighted by Gasteiger charge is -2.26. The van der Waals surface area contributed by atoms with Crippen LogP contribution in [0.5, 0.6) is 0 Å². The van der Waals surface area contributed by atoms with E-state index in [4.69, 9.17) is 4.74 Å². The molecule has 0 spiro atoms. The second-order valence-corrected chi connectivity index (χ2v) is 6.39. The largest absolute Gasteiger partial charge is 0.379 e. The first-order valence-corrected chi connectivity index (χ1v) is 9.25. The van der Waals surface area contributed by atoms with Crippen molar-refractivity contribution >= 4 is 23.2 Å². The fourth-order valence-electron chi connectivity index (χ4n) is 2.88. The molecule has 2 heterocycles. The number of hydrogen-bond donors (Lipinski definition) is 3. The minimum atomic E-state index is -0.581. The molecule has 11 nitrogen and oxygen atoms in total. The Bertz CT molecular complexity index is 828. The summed E-state index contributed by atoms with van der Waals surface area (Å²) in [4.78, 5) is 33.1. The quantitative estimate of drug-likeness (QED) is 0.412. The summed E-state index contributed by atoms with van der Waals surface area (Å²) in [6.07, 6.45) is 1.34. The number of ether oxygens (including phenoxy) is 1. The number of carbonyl (C=O) groups excluding carboxylic acids is 1.